The van der Waals surface area contributed by atoms with Crippen LogP contribution in [0.4, 0.5) is 11.8 Å². The number of pyridine rings is 1. The number of nitrogen functional groups attached to an aromatic ring is 1. The highest BCUT2D eigenvalue weighted by atomic mass is 16.2. The first-order valence-electron chi connectivity index (χ1n) is 4.57. The summed E-state index contributed by atoms with van der Waals surface area (Å²) in [7, 11) is 0. The molecule has 16 heavy (non-hydrogen) atoms. The van der Waals surface area contributed by atoms with Crippen LogP contribution in [0.2, 0.25) is 0 Å². The van der Waals surface area contributed by atoms with Crippen LogP contribution in [0.15, 0.2) is 18.3 Å². The second-order valence-electron chi connectivity index (χ2n) is 3.22. The molecule has 2 aromatic heterocycles. The Hall–Kier alpha value is -2.44. The number of rotatable bonds is 2. The summed E-state index contributed by atoms with van der Waals surface area (Å²) in [5.41, 5.74) is 6.30. The van der Waals surface area contributed by atoms with E-state index in [1.54, 1.807) is 12.3 Å². The highest BCUT2D eigenvalue weighted by Crippen LogP contribution is 2.05. The molecular weight excluding hydrogens is 208 g/mol. The van der Waals surface area contributed by atoms with Gasteiger partial charge in [0.15, 0.2) is 0 Å². The van der Waals surface area contributed by atoms with Crippen LogP contribution >= 0.6 is 0 Å². The molecule has 0 atom stereocenters. The fourth-order valence-corrected chi connectivity index (χ4v) is 1.09. The van der Waals surface area contributed by atoms with Crippen molar-refractivity contribution in [3.8, 4) is 0 Å². The van der Waals surface area contributed by atoms with Gasteiger partial charge in [-0.2, -0.15) is 4.98 Å². The highest BCUT2D eigenvalue weighted by molar-refractivity contribution is 6.01. The van der Waals surface area contributed by atoms with Gasteiger partial charge < -0.3 is 11.1 Å². The van der Waals surface area contributed by atoms with E-state index >= 15 is 0 Å². The zero-order valence-corrected chi connectivity index (χ0v) is 8.56. The topological polar surface area (TPSA) is 110 Å². The summed E-state index contributed by atoms with van der Waals surface area (Å²) in [6.45, 7) is 1.91. The monoisotopic (exact) mass is 218 g/mol. The molecule has 2 heterocycles. The Morgan fingerprint density at radius 2 is 2.31 bits per heavy atom. The van der Waals surface area contributed by atoms with E-state index in [4.69, 9.17) is 5.73 Å². The average Bonchev–Trinajstić information content (AvgIpc) is 2.68. The number of hydrogen-bond donors (Lipinski definition) is 3. The smallest absolute Gasteiger partial charge is 0.294 e. The molecule has 7 nitrogen and oxygen atoms in total. The van der Waals surface area contributed by atoms with Crippen molar-refractivity contribution in [3.05, 3.63) is 29.7 Å². The minimum atomic E-state index is -0.430. The van der Waals surface area contributed by atoms with E-state index in [1.807, 2.05) is 13.0 Å². The van der Waals surface area contributed by atoms with E-state index < -0.39 is 5.91 Å². The van der Waals surface area contributed by atoms with E-state index in [0.717, 1.165) is 5.56 Å². The standard InChI is InChI=1S/C9H10N6O/c1-5-2-3-6(11-4-5)12-8(16)7-13-9(10)15-14-7/h2-4H,1H3,(H,11,12,16)(H3,10,13,14,15). The molecule has 0 aliphatic carbocycles. The van der Waals surface area contributed by atoms with Gasteiger partial charge in [-0.15, -0.1) is 5.10 Å². The van der Waals surface area contributed by atoms with Crippen molar-refractivity contribution in [2.45, 2.75) is 6.92 Å². The molecular formula is C9H10N6O. The second kappa shape index (κ2) is 3.97. The number of carbonyl (C=O) groups excluding carboxylic acids is 1. The molecule has 0 unspecified atom stereocenters. The lowest BCUT2D eigenvalue weighted by Crippen LogP contribution is -2.14. The molecule has 2 rings (SSSR count). The SMILES string of the molecule is Cc1ccc(NC(=O)c2nc(N)n[nH]2)nc1. The summed E-state index contributed by atoms with van der Waals surface area (Å²) in [6, 6.07) is 3.55. The van der Waals surface area contributed by atoms with Crippen LogP contribution < -0.4 is 11.1 Å². The molecule has 1 amide bonds. The van der Waals surface area contributed by atoms with Gasteiger partial charge in [0.05, 0.1) is 0 Å². The number of nitrogens with two attached hydrogens (primary N) is 1. The van der Waals surface area contributed by atoms with E-state index in [0.29, 0.717) is 5.82 Å². The number of aryl methyl sites for hydroxylation is 1. The molecule has 0 bridgehead atoms. The number of nitrogens with one attached hydrogen (secondary N) is 2. The predicted molar refractivity (Wildman–Crippen MR) is 57.7 cm³/mol. The molecule has 0 aliphatic heterocycles. The Labute approximate surface area is 91.1 Å². The molecule has 0 aromatic carbocycles. The van der Waals surface area contributed by atoms with Gasteiger partial charge in [-0.3, -0.25) is 9.89 Å². The number of carbonyl (C=O) groups is 1. The average molecular weight is 218 g/mol. The summed E-state index contributed by atoms with van der Waals surface area (Å²) in [5, 5.41) is 8.52. The number of anilines is 2. The van der Waals surface area contributed by atoms with Crippen LogP contribution in [-0.2, 0) is 0 Å². The third-order valence-electron chi connectivity index (χ3n) is 1.87. The Balaban J connectivity index is 2.10. The van der Waals surface area contributed by atoms with Crippen molar-refractivity contribution in [1.29, 1.82) is 0 Å². The maximum atomic E-state index is 11.6. The maximum Gasteiger partial charge on any atom is 0.294 e. The first kappa shape index (κ1) is 10.1. The zero-order valence-electron chi connectivity index (χ0n) is 8.56. The normalized spacial score (nSPS) is 10.1. The largest absolute Gasteiger partial charge is 0.366 e. The Morgan fingerprint density at radius 1 is 1.50 bits per heavy atom. The predicted octanol–water partition coefficient (Wildman–Crippen LogP) is 0.343. The van der Waals surface area contributed by atoms with Crippen molar-refractivity contribution in [3.63, 3.8) is 0 Å². The van der Waals surface area contributed by atoms with Gasteiger partial charge in [-0.25, -0.2) is 4.98 Å². The number of H-pyrrole nitrogens is 1. The van der Waals surface area contributed by atoms with E-state index in [9.17, 15) is 4.79 Å². The van der Waals surface area contributed by atoms with Crippen molar-refractivity contribution < 1.29 is 4.79 Å². The molecule has 0 saturated carbocycles. The third kappa shape index (κ3) is 2.14. The molecule has 7 heteroatoms. The zero-order chi connectivity index (χ0) is 11.5. The Kier molecular flexibility index (Phi) is 2.50. The number of nitrogens with zero attached hydrogens (tertiary/aromatic N) is 3. The summed E-state index contributed by atoms with van der Waals surface area (Å²) in [5.74, 6) is 0.105. The lowest BCUT2D eigenvalue weighted by atomic mass is 10.3. The first-order chi connectivity index (χ1) is 7.65. The van der Waals surface area contributed by atoms with Crippen LogP contribution in [0.3, 0.4) is 0 Å². The molecule has 2 aromatic rings. The summed E-state index contributed by atoms with van der Waals surface area (Å²) < 4.78 is 0. The van der Waals surface area contributed by atoms with Crippen LogP contribution in [0.5, 0.6) is 0 Å². The van der Waals surface area contributed by atoms with E-state index in [1.165, 1.54) is 0 Å². The molecule has 0 fully saturated rings. The summed E-state index contributed by atoms with van der Waals surface area (Å²) in [4.78, 5) is 19.3. The fourth-order valence-electron chi connectivity index (χ4n) is 1.09. The van der Waals surface area contributed by atoms with Gasteiger partial charge in [0, 0.05) is 6.20 Å². The lowest BCUT2D eigenvalue weighted by Gasteiger charge is -2.01. The molecule has 82 valence electrons. The molecule has 0 spiro atoms. The Bertz CT molecular complexity index is 503. The fraction of sp³-hybridized carbons (Fsp3) is 0.111. The number of aromatic amines is 1. The summed E-state index contributed by atoms with van der Waals surface area (Å²) >= 11 is 0. The van der Waals surface area contributed by atoms with Crippen LogP contribution in [0.1, 0.15) is 16.2 Å². The number of amides is 1. The van der Waals surface area contributed by atoms with Crippen molar-refractivity contribution in [2.24, 2.45) is 0 Å². The number of aromatic nitrogens is 4. The minimum Gasteiger partial charge on any atom is -0.366 e. The molecule has 4 N–H and O–H groups in total. The van der Waals surface area contributed by atoms with Gasteiger partial charge >= 0.3 is 0 Å². The van der Waals surface area contributed by atoms with Crippen LogP contribution in [0.25, 0.3) is 0 Å². The van der Waals surface area contributed by atoms with Crippen molar-refractivity contribution in [2.75, 3.05) is 11.1 Å². The van der Waals surface area contributed by atoms with Crippen LogP contribution in [-0.4, -0.2) is 26.1 Å². The molecule has 0 saturated heterocycles. The van der Waals surface area contributed by atoms with Crippen molar-refractivity contribution >= 4 is 17.7 Å². The molecule has 0 aliphatic rings. The van der Waals surface area contributed by atoms with Crippen molar-refractivity contribution in [1.82, 2.24) is 20.2 Å². The number of hydrogen-bond acceptors (Lipinski definition) is 5. The van der Waals surface area contributed by atoms with Gasteiger partial charge in [0.1, 0.15) is 5.82 Å². The van der Waals surface area contributed by atoms with Crippen LogP contribution in [0, 0.1) is 6.92 Å². The van der Waals surface area contributed by atoms with E-state index in [-0.39, 0.29) is 11.8 Å². The minimum absolute atomic E-state index is 0.0296. The van der Waals surface area contributed by atoms with Gasteiger partial charge in [0.2, 0.25) is 11.8 Å². The summed E-state index contributed by atoms with van der Waals surface area (Å²) in [6.07, 6.45) is 1.66. The Morgan fingerprint density at radius 3 is 2.88 bits per heavy atom. The van der Waals surface area contributed by atoms with E-state index in [2.05, 4.69) is 25.5 Å². The van der Waals surface area contributed by atoms with Gasteiger partial charge in [-0.05, 0) is 18.6 Å². The lowest BCUT2D eigenvalue weighted by molar-refractivity contribution is 0.101. The maximum absolute atomic E-state index is 11.6. The quantitative estimate of drug-likeness (QED) is 0.673. The van der Waals surface area contributed by atoms with Gasteiger partial charge in [-0.1, -0.05) is 6.07 Å². The second-order valence-corrected chi connectivity index (χ2v) is 3.22. The third-order valence-corrected chi connectivity index (χ3v) is 1.87. The highest BCUT2D eigenvalue weighted by Gasteiger charge is 2.10. The van der Waals surface area contributed by atoms with Gasteiger partial charge in [0.25, 0.3) is 5.91 Å². The first-order valence-corrected chi connectivity index (χ1v) is 4.57. The molecule has 0 radical (unpaired) electrons.